The summed E-state index contributed by atoms with van der Waals surface area (Å²) < 4.78 is 11.6. The predicted molar refractivity (Wildman–Crippen MR) is 81.3 cm³/mol. The molecule has 0 spiro atoms. The predicted octanol–water partition coefficient (Wildman–Crippen LogP) is 1.51. The monoisotopic (exact) mass is 305 g/mol. The number of aliphatic hydroxyl groups excluding tert-OH is 1. The second-order valence-corrected chi connectivity index (χ2v) is 6.05. The number of nitrogens with zero attached hydrogens (tertiary/aromatic N) is 1. The molecule has 0 saturated carbocycles. The van der Waals surface area contributed by atoms with E-state index in [0.29, 0.717) is 32.6 Å². The molecule has 1 amide bonds. The summed E-state index contributed by atoms with van der Waals surface area (Å²) in [6.45, 7) is 3.48. The normalized spacial score (nSPS) is 32.7. The topological polar surface area (TPSA) is 59.0 Å². The molecule has 1 N–H and O–H groups in total. The Morgan fingerprint density at radius 1 is 1.23 bits per heavy atom. The van der Waals surface area contributed by atoms with E-state index in [2.05, 4.69) is 0 Å². The van der Waals surface area contributed by atoms with E-state index in [1.54, 1.807) is 0 Å². The van der Waals surface area contributed by atoms with Crippen molar-refractivity contribution in [3.8, 4) is 0 Å². The zero-order valence-electron chi connectivity index (χ0n) is 12.9. The number of rotatable bonds is 2. The summed E-state index contributed by atoms with van der Waals surface area (Å²) in [4.78, 5) is 14.7. The summed E-state index contributed by atoms with van der Waals surface area (Å²) in [7, 11) is 0. The number of likely N-dealkylation sites (tertiary alicyclic amines) is 1. The van der Waals surface area contributed by atoms with Gasteiger partial charge in [-0.15, -0.1) is 0 Å². The quantitative estimate of drug-likeness (QED) is 0.900. The largest absolute Gasteiger partial charge is 0.393 e. The summed E-state index contributed by atoms with van der Waals surface area (Å²) in [5.41, 5.74) is 0.963. The Morgan fingerprint density at radius 2 is 1.95 bits per heavy atom. The first-order valence-electron chi connectivity index (χ1n) is 7.93. The minimum atomic E-state index is -0.603. The zero-order valence-corrected chi connectivity index (χ0v) is 12.9. The fourth-order valence-corrected chi connectivity index (χ4v) is 3.28. The standard InChI is InChI=1S/C17H23NO4/c1-12-11-14(19)7-8-18(12)17(20)16-15(21-9-10-22-16)13-5-3-2-4-6-13/h2-6,12,14-16,19H,7-11H2,1H3/t12-,14-,15-,16-/m1/s1. The maximum atomic E-state index is 12.9. The lowest BCUT2D eigenvalue weighted by molar-refractivity contribution is -0.179. The molecule has 2 fully saturated rings. The van der Waals surface area contributed by atoms with Crippen molar-refractivity contribution in [3.63, 3.8) is 0 Å². The van der Waals surface area contributed by atoms with Crippen molar-refractivity contribution in [2.24, 2.45) is 0 Å². The number of ether oxygens (including phenoxy) is 2. The number of aliphatic hydroxyl groups is 1. The first-order chi connectivity index (χ1) is 10.7. The number of hydrogen-bond donors (Lipinski definition) is 1. The highest BCUT2D eigenvalue weighted by molar-refractivity contribution is 5.82. The molecule has 0 radical (unpaired) electrons. The van der Waals surface area contributed by atoms with Gasteiger partial charge in [-0.25, -0.2) is 0 Å². The van der Waals surface area contributed by atoms with Gasteiger partial charge in [-0.2, -0.15) is 0 Å². The summed E-state index contributed by atoms with van der Waals surface area (Å²) in [6, 6.07) is 9.77. The molecule has 2 saturated heterocycles. The molecule has 0 bridgehead atoms. The van der Waals surface area contributed by atoms with Gasteiger partial charge in [0.2, 0.25) is 0 Å². The van der Waals surface area contributed by atoms with E-state index in [4.69, 9.17) is 9.47 Å². The maximum absolute atomic E-state index is 12.9. The fraction of sp³-hybridized carbons (Fsp3) is 0.588. The number of amides is 1. The third-order valence-corrected chi connectivity index (χ3v) is 4.46. The van der Waals surface area contributed by atoms with E-state index in [0.717, 1.165) is 5.56 Å². The van der Waals surface area contributed by atoms with Crippen LogP contribution in [0.25, 0.3) is 0 Å². The molecule has 2 aliphatic rings. The molecule has 5 nitrogen and oxygen atoms in total. The first-order valence-corrected chi connectivity index (χ1v) is 7.93. The van der Waals surface area contributed by atoms with E-state index >= 15 is 0 Å². The van der Waals surface area contributed by atoms with E-state index in [1.807, 2.05) is 42.2 Å². The van der Waals surface area contributed by atoms with Gasteiger partial charge >= 0.3 is 0 Å². The van der Waals surface area contributed by atoms with Crippen molar-refractivity contribution in [3.05, 3.63) is 35.9 Å². The van der Waals surface area contributed by atoms with Crippen molar-refractivity contribution in [1.29, 1.82) is 0 Å². The van der Waals surface area contributed by atoms with Gasteiger partial charge in [0.25, 0.3) is 5.91 Å². The Kier molecular flexibility index (Phi) is 4.76. The Labute approximate surface area is 130 Å². The molecular formula is C17H23NO4. The van der Waals surface area contributed by atoms with Crippen LogP contribution in [0, 0.1) is 0 Å². The molecule has 0 aromatic heterocycles. The van der Waals surface area contributed by atoms with Crippen LogP contribution in [-0.4, -0.2) is 53.9 Å². The molecule has 5 heteroatoms. The molecule has 0 unspecified atom stereocenters. The SMILES string of the molecule is C[C@@H]1C[C@H](O)CCN1C(=O)[C@@H]1OCCO[C@@H]1c1ccccc1. The van der Waals surface area contributed by atoms with E-state index < -0.39 is 6.10 Å². The van der Waals surface area contributed by atoms with Gasteiger partial charge < -0.3 is 19.5 Å². The Morgan fingerprint density at radius 3 is 2.68 bits per heavy atom. The van der Waals surface area contributed by atoms with Crippen LogP contribution in [0.15, 0.2) is 30.3 Å². The summed E-state index contributed by atoms with van der Waals surface area (Å²) >= 11 is 0. The molecule has 1 aromatic rings. The number of piperidine rings is 1. The third kappa shape index (κ3) is 3.16. The zero-order chi connectivity index (χ0) is 15.5. The van der Waals surface area contributed by atoms with E-state index in [9.17, 15) is 9.90 Å². The van der Waals surface area contributed by atoms with Crippen molar-refractivity contribution in [1.82, 2.24) is 4.90 Å². The molecule has 120 valence electrons. The second-order valence-electron chi connectivity index (χ2n) is 6.05. The average molecular weight is 305 g/mol. The molecule has 2 heterocycles. The van der Waals surface area contributed by atoms with Crippen molar-refractivity contribution >= 4 is 5.91 Å². The second kappa shape index (κ2) is 6.77. The van der Waals surface area contributed by atoms with Crippen LogP contribution < -0.4 is 0 Å². The lowest BCUT2D eigenvalue weighted by atomic mass is 9.97. The lowest BCUT2D eigenvalue weighted by Gasteiger charge is -2.40. The molecule has 1 aromatic carbocycles. The van der Waals surface area contributed by atoms with Gasteiger partial charge in [-0.3, -0.25) is 4.79 Å². The van der Waals surface area contributed by atoms with Crippen molar-refractivity contribution in [2.45, 2.75) is 44.1 Å². The van der Waals surface area contributed by atoms with Crippen LogP contribution >= 0.6 is 0 Å². The van der Waals surface area contributed by atoms with Gasteiger partial charge in [-0.1, -0.05) is 30.3 Å². The number of carbonyl (C=O) groups excluding carboxylic acids is 1. The van der Waals surface area contributed by atoms with E-state index in [1.165, 1.54) is 0 Å². The lowest BCUT2D eigenvalue weighted by Crippen LogP contribution is -2.53. The highest BCUT2D eigenvalue weighted by atomic mass is 16.6. The summed E-state index contributed by atoms with van der Waals surface area (Å²) in [5.74, 6) is -0.0343. The molecule has 2 aliphatic heterocycles. The smallest absolute Gasteiger partial charge is 0.255 e. The van der Waals surface area contributed by atoms with Gasteiger partial charge in [0.15, 0.2) is 6.10 Å². The highest BCUT2D eigenvalue weighted by Crippen LogP contribution is 2.29. The fourth-order valence-electron chi connectivity index (χ4n) is 3.28. The third-order valence-electron chi connectivity index (χ3n) is 4.46. The first kappa shape index (κ1) is 15.5. The number of hydrogen-bond acceptors (Lipinski definition) is 4. The molecule has 4 atom stereocenters. The van der Waals surface area contributed by atoms with Gasteiger partial charge in [-0.05, 0) is 25.3 Å². The van der Waals surface area contributed by atoms with Gasteiger partial charge in [0.05, 0.1) is 19.3 Å². The number of carbonyl (C=O) groups is 1. The van der Waals surface area contributed by atoms with Crippen LogP contribution in [0.3, 0.4) is 0 Å². The van der Waals surface area contributed by atoms with Gasteiger partial charge in [0, 0.05) is 12.6 Å². The van der Waals surface area contributed by atoms with Crippen molar-refractivity contribution < 1.29 is 19.4 Å². The van der Waals surface area contributed by atoms with Crippen LogP contribution in [0.1, 0.15) is 31.4 Å². The average Bonchev–Trinajstić information content (AvgIpc) is 2.55. The Balaban J connectivity index is 1.77. The number of benzene rings is 1. The molecule has 0 aliphatic carbocycles. The van der Waals surface area contributed by atoms with E-state index in [-0.39, 0.29) is 24.2 Å². The minimum absolute atomic E-state index is 0.0261. The Bertz CT molecular complexity index is 507. The Hall–Kier alpha value is -1.43. The highest BCUT2D eigenvalue weighted by Gasteiger charge is 2.39. The molecular weight excluding hydrogens is 282 g/mol. The van der Waals surface area contributed by atoms with Crippen LogP contribution in [0.2, 0.25) is 0 Å². The minimum Gasteiger partial charge on any atom is -0.393 e. The maximum Gasteiger partial charge on any atom is 0.255 e. The molecule has 3 rings (SSSR count). The van der Waals surface area contributed by atoms with Crippen LogP contribution in [0.5, 0.6) is 0 Å². The molecule has 22 heavy (non-hydrogen) atoms. The summed E-state index contributed by atoms with van der Waals surface area (Å²) in [6.07, 6.45) is -0.0301. The van der Waals surface area contributed by atoms with Crippen molar-refractivity contribution in [2.75, 3.05) is 19.8 Å². The van der Waals surface area contributed by atoms with Gasteiger partial charge in [0.1, 0.15) is 6.10 Å². The summed E-state index contributed by atoms with van der Waals surface area (Å²) in [5, 5.41) is 9.73. The van der Waals surface area contributed by atoms with Crippen LogP contribution in [0.4, 0.5) is 0 Å². The van der Waals surface area contributed by atoms with Crippen LogP contribution in [-0.2, 0) is 14.3 Å².